The Morgan fingerprint density at radius 1 is 1.42 bits per heavy atom. The fourth-order valence-electron chi connectivity index (χ4n) is 1.69. The summed E-state index contributed by atoms with van der Waals surface area (Å²) in [5, 5.41) is 8.89. The minimum Gasteiger partial charge on any atom is -0.469 e. The van der Waals surface area contributed by atoms with Gasteiger partial charge in [0.1, 0.15) is 6.07 Å². The fourth-order valence-corrected chi connectivity index (χ4v) is 1.69. The molecule has 1 rings (SSSR count). The van der Waals surface area contributed by atoms with Gasteiger partial charge >= 0.3 is 12.1 Å². The van der Waals surface area contributed by atoms with Crippen LogP contribution in [-0.4, -0.2) is 13.1 Å². The summed E-state index contributed by atoms with van der Waals surface area (Å²) >= 11 is 0. The number of nitrogens with zero attached hydrogens (tertiary/aromatic N) is 1. The molecule has 0 aliphatic heterocycles. The first kappa shape index (κ1) is 15.0. The maximum absolute atomic E-state index is 13.0. The van der Waals surface area contributed by atoms with Crippen molar-refractivity contribution in [3.8, 4) is 6.07 Å². The number of carbonyl (C=O) groups excluding carboxylic acids is 1. The van der Waals surface area contributed by atoms with Crippen molar-refractivity contribution in [3.05, 3.63) is 34.4 Å². The van der Waals surface area contributed by atoms with Crippen LogP contribution in [0.1, 0.15) is 22.3 Å². The molecule has 1 aromatic carbocycles. The molecule has 0 saturated carbocycles. The van der Waals surface area contributed by atoms with E-state index in [2.05, 4.69) is 4.74 Å². The number of rotatable bonds is 3. The van der Waals surface area contributed by atoms with E-state index in [1.807, 2.05) is 0 Å². The summed E-state index contributed by atoms with van der Waals surface area (Å²) in [6.45, 7) is -0.190. The summed E-state index contributed by atoms with van der Waals surface area (Å²) in [7, 11) is 1.08. The van der Waals surface area contributed by atoms with Crippen LogP contribution in [0.4, 0.5) is 13.2 Å². The molecule has 0 heterocycles. The molecule has 0 amide bonds. The van der Waals surface area contributed by atoms with Gasteiger partial charge in [0.25, 0.3) is 0 Å². The second-order valence-electron chi connectivity index (χ2n) is 3.70. The van der Waals surface area contributed by atoms with Gasteiger partial charge in [-0.25, -0.2) is 0 Å². The van der Waals surface area contributed by atoms with Gasteiger partial charge in [-0.05, 0) is 11.1 Å². The molecule has 0 aliphatic rings. The number of methoxy groups -OCH3 is 1. The SMILES string of the molecule is COC(=O)Cc1ccc(CN)c(C#N)c1C(F)(F)F. The normalized spacial score (nSPS) is 10.9. The molecule has 1 aromatic rings. The summed E-state index contributed by atoms with van der Waals surface area (Å²) in [5.74, 6) is -0.810. The van der Waals surface area contributed by atoms with Gasteiger partial charge in [-0.3, -0.25) is 4.79 Å². The van der Waals surface area contributed by atoms with E-state index < -0.39 is 29.7 Å². The molecule has 0 fully saturated rings. The number of nitriles is 1. The van der Waals surface area contributed by atoms with Crippen molar-refractivity contribution >= 4 is 5.97 Å². The van der Waals surface area contributed by atoms with Crippen molar-refractivity contribution in [3.63, 3.8) is 0 Å². The van der Waals surface area contributed by atoms with Gasteiger partial charge in [-0.15, -0.1) is 0 Å². The molecule has 102 valence electrons. The lowest BCUT2D eigenvalue weighted by Gasteiger charge is -2.16. The van der Waals surface area contributed by atoms with E-state index in [0.717, 1.165) is 13.2 Å². The number of halogens is 3. The van der Waals surface area contributed by atoms with Crippen LogP contribution >= 0.6 is 0 Å². The first-order valence-corrected chi connectivity index (χ1v) is 5.24. The van der Waals surface area contributed by atoms with Crippen LogP contribution in [0.15, 0.2) is 12.1 Å². The number of carbonyl (C=O) groups is 1. The van der Waals surface area contributed by atoms with Crippen LogP contribution in [-0.2, 0) is 28.7 Å². The Morgan fingerprint density at radius 2 is 2.00 bits per heavy atom. The van der Waals surface area contributed by atoms with Gasteiger partial charge < -0.3 is 10.5 Å². The minimum atomic E-state index is -4.74. The van der Waals surface area contributed by atoms with E-state index in [4.69, 9.17) is 11.0 Å². The zero-order valence-electron chi connectivity index (χ0n) is 10.0. The highest BCUT2D eigenvalue weighted by molar-refractivity contribution is 5.73. The number of hydrogen-bond acceptors (Lipinski definition) is 4. The third kappa shape index (κ3) is 3.23. The molecular weight excluding hydrogens is 261 g/mol. The predicted molar refractivity (Wildman–Crippen MR) is 59.8 cm³/mol. The van der Waals surface area contributed by atoms with Crippen LogP contribution in [0.3, 0.4) is 0 Å². The highest BCUT2D eigenvalue weighted by atomic mass is 19.4. The summed E-state index contributed by atoms with van der Waals surface area (Å²) < 4.78 is 43.4. The van der Waals surface area contributed by atoms with Crippen LogP contribution in [0, 0.1) is 11.3 Å². The molecule has 0 radical (unpaired) electrons. The maximum atomic E-state index is 13.0. The topological polar surface area (TPSA) is 76.1 Å². The highest BCUT2D eigenvalue weighted by Crippen LogP contribution is 2.36. The Balaban J connectivity index is 3.49. The molecule has 0 unspecified atom stereocenters. The number of hydrogen-bond donors (Lipinski definition) is 1. The van der Waals surface area contributed by atoms with Gasteiger partial charge in [-0.2, -0.15) is 18.4 Å². The summed E-state index contributed by atoms with van der Waals surface area (Å²) in [4.78, 5) is 11.1. The van der Waals surface area contributed by atoms with Gasteiger partial charge in [-0.1, -0.05) is 12.1 Å². The molecule has 4 nitrogen and oxygen atoms in total. The van der Waals surface area contributed by atoms with E-state index >= 15 is 0 Å². The number of alkyl halides is 3. The van der Waals surface area contributed by atoms with E-state index in [1.54, 1.807) is 0 Å². The van der Waals surface area contributed by atoms with E-state index in [1.165, 1.54) is 12.1 Å². The second kappa shape index (κ2) is 5.71. The summed E-state index contributed by atoms with van der Waals surface area (Å²) in [5.41, 5.74) is 3.43. The van der Waals surface area contributed by atoms with Gasteiger partial charge in [0.2, 0.25) is 0 Å². The number of ether oxygens (including phenoxy) is 1. The van der Waals surface area contributed by atoms with Gasteiger partial charge in [0.15, 0.2) is 0 Å². The molecule has 0 aromatic heterocycles. The lowest BCUT2D eigenvalue weighted by atomic mass is 9.94. The Morgan fingerprint density at radius 3 is 2.42 bits per heavy atom. The second-order valence-corrected chi connectivity index (χ2v) is 3.70. The lowest BCUT2D eigenvalue weighted by molar-refractivity contribution is -0.141. The smallest absolute Gasteiger partial charge is 0.417 e. The molecule has 0 atom stereocenters. The highest BCUT2D eigenvalue weighted by Gasteiger charge is 2.37. The minimum absolute atomic E-state index is 0.0865. The van der Waals surface area contributed by atoms with E-state index in [0.29, 0.717) is 0 Å². The van der Waals surface area contributed by atoms with E-state index in [-0.39, 0.29) is 17.7 Å². The molecular formula is C12H11F3N2O2. The van der Waals surface area contributed by atoms with Crippen molar-refractivity contribution < 1.29 is 22.7 Å². The monoisotopic (exact) mass is 272 g/mol. The average Bonchev–Trinajstić information content (AvgIpc) is 2.36. The van der Waals surface area contributed by atoms with Crippen molar-refractivity contribution in [1.82, 2.24) is 0 Å². The zero-order chi connectivity index (χ0) is 14.6. The fraction of sp³-hybridized carbons (Fsp3) is 0.333. The molecule has 7 heteroatoms. The lowest BCUT2D eigenvalue weighted by Crippen LogP contribution is -2.17. The number of esters is 1. The molecule has 0 spiro atoms. The van der Waals surface area contributed by atoms with Crippen molar-refractivity contribution in [2.45, 2.75) is 19.1 Å². The van der Waals surface area contributed by atoms with Crippen LogP contribution in [0.5, 0.6) is 0 Å². The molecule has 0 saturated heterocycles. The molecule has 19 heavy (non-hydrogen) atoms. The summed E-state index contributed by atoms with van der Waals surface area (Å²) in [6, 6.07) is 3.95. The van der Waals surface area contributed by atoms with Crippen LogP contribution < -0.4 is 5.73 Å². The van der Waals surface area contributed by atoms with Gasteiger partial charge in [0, 0.05) is 6.54 Å². The third-order valence-corrected chi connectivity index (χ3v) is 2.56. The van der Waals surface area contributed by atoms with Gasteiger partial charge in [0.05, 0.1) is 24.7 Å². The Labute approximate surface area is 107 Å². The van der Waals surface area contributed by atoms with E-state index in [9.17, 15) is 18.0 Å². The maximum Gasteiger partial charge on any atom is 0.417 e. The van der Waals surface area contributed by atoms with Crippen molar-refractivity contribution in [2.24, 2.45) is 5.73 Å². The number of nitrogens with two attached hydrogens (primary N) is 1. The molecule has 0 aliphatic carbocycles. The first-order valence-electron chi connectivity index (χ1n) is 5.24. The predicted octanol–water partition coefficient (Wildman–Crippen LogP) is 1.75. The Kier molecular flexibility index (Phi) is 4.51. The Hall–Kier alpha value is -2.07. The average molecular weight is 272 g/mol. The number of benzene rings is 1. The summed E-state index contributed by atoms with van der Waals surface area (Å²) in [6.07, 6.45) is -5.29. The molecule has 0 bridgehead atoms. The molecule has 2 N–H and O–H groups in total. The Bertz CT molecular complexity index is 533. The van der Waals surface area contributed by atoms with Crippen molar-refractivity contribution in [1.29, 1.82) is 5.26 Å². The van der Waals surface area contributed by atoms with Crippen LogP contribution in [0.25, 0.3) is 0 Å². The van der Waals surface area contributed by atoms with Crippen LogP contribution in [0.2, 0.25) is 0 Å². The standard InChI is InChI=1S/C12H11F3N2O2/c1-19-10(18)4-7-2-3-8(5-16)9(6-17)11(7)12(13,14)15/h2-3H,4-5,16H2,1H3. The largest absolute Gasteiger partial charge is 0.469 e. The quantitative estimate of drug-likeness (QED) is 0.850. The third-order valence-electron chi connectivity index (χ3n) is 2.56. The van der Waals surface area contributed by atoms with Crippen molar-refractivity contribution in [2.75, 3.05) is 7.11 Å². The zero-order valence-corrected chi connectivity index (χ0v) is 10.0. The first-order chi connectivity index (χ1) is 8.85.